The fraction of sp³-hybridized carbons (Fsp3) is 0.0870. The first-order valence-electron chi connectivity index (χ1n) is 9.08. The molecule has 0 amide bonds. The number of nitriles is 1. The van der Waals surface area contributed by atoms with Gasteiger partial charge in [-0.1, -0.05) is 66.4 Å². The Morgan fingerprint density at radius 1 is 0.862 bits per heavy atom. The number of aromatic nitrogens is 3. The molecule has 0 radical (unpaired) electrons. The smallest absolute Gasteiger partial charge is 0.192 e. The molecule has 0 bridgehead atoms. The van der Waals surface area contributed by atoms with E-state index >= 15 is 0 Å². The van der Waals surface area contributed by atoms with Gasteiger partial charge in [-0.15, -0.1) is 10.2 Å². The van der Waals surface area contributed by atoms with Crippen molar-refractivity contribution in [3.05, 3.63) is 101 Å². The Morgan fingerprint density at radius 3 is 2.31 bits per heavy atom. The number of nitrogens with zero attached hydrogens (tertiary/aromatic N) is 4. The van der Waals surface area contributed by atoms with E-state index in [1.807, 2.05) is 47.0 Å². The van der Waals surface area contributed by atoms with Crippen molar-refractivity contribution in [1.29, 1.82) is 5.26 Å². The molecule has 0 spiro atoms. The van der Waals surface area contributed by atoms with Crippen LogP contribution in [0.15, 0.2) is 84.0 Å². The van der Waals surface area contributed by atoms with Crippen LogP contribution in [0, 0.1) is 17.1 Å². The van der Waals surface area contributed by atoms with Gasteiger partial charge in [0.05, 0.1) is 23.7 Å². The minimum Gasteiger partial charge on any atom is -0.297 e. The maximum absolute atomic E-state index is 14.4. The molecule has 3 aromatic carbocycles. The Bertz CT molecular complexity index is 1150. The molecule has 1 heterocycles. The number of rotatable bonds is 6. The first-order chi connectivity index (χ1) is 14.2. The van der Waals surface area contributed by atoms with E-state index in [0.717, 1.165) is 16.3 Å². The topological polar surface area (TPSA) is 54.5 Å². The summed E-state index contributed by atoms with van der Waals surface area (Å²) in [6, 6.07) is 26.2. The molecule has 4 nitrogen and oxygen atoms in total. The summed E-state index contributed by atoms with van der Waals surface area (Å²) in [5.74, 6) is 0.864. The third-order valence-electron chi connectivity index (χ3n) is 4.47. The zero-order valence-electron chi connectivity index (χ0n) is 15.5. The maximum Gasteiger partial charge on any atom is 0.192 e. The van der Waals surface area contributed by atoms with Crippen molar-refractivity contribution in [2.45, 2.75) is 17.5 Å². The van der Waals surface area contributed by atoms with Crippen LogP contribution in [0.4, 0.5) is 4.39 Å². The lowest BCUT2D eigenvalue weighted by atomic mass is 10.2. The maximum atomic E-state index is 14.4. The molecule has 0 unspecified atom stereocenters. The van der Waals surface area contributed by atoms with Crippen LogP contribution in [0.25, 0.3) is 11.4 Å². The second kappa shape index (κ2) is 8.72. The largest absolute Gasteiger partial charge is 0.297 e. The molecule has 1 aromatic heterocycles. The second-order valence-corrected chi connectivity index (χ2v) is 7.40. The molecule has 0 aliphatic carbocycles. The summed E-state index contributed by atoms with van der Waals surface area (Å²) in [6.45, 7) is 0.549. The lowest BCUT2D eigenvalue weighted by molar-refractivity contribution is 0.626. The van der Waals surface area contributed by atoms with Gasteiger partial charge in [0.25, 0.3) is 0 Å². The lowest BCUT2D eigenvalue weighted by Gasteiger charge is -2.11. The SMILES string of the molecule is N#Cc1ccc(CSc2nnc(-c3ccccc3F)n2Cc2ccccc2)cc1. The van der Waals surface area contributed by atoms with Crippen LogP contribution in [0.1, 0.15) is 16.7 Å². The van der Waals surface area contributed by atoms with Crippen LogP contribution >= 0.6 is 11.8 Å². The normalized spacial score (nSPS) is 10.6. The van der Waals surface area contributed by atoms with Gasteiger partial charge in [-0.05, 0) is 35.4 Å². The quantitative estimate of drug-likeness (QED) is 0.412. The fourth-order valence-electron chi connectivity index (χ4n) is 2.97. The molecule has 0 N–H and O–H groups in total. The Balaban J connectivity index is 1.65. The molecular formula is C23H17FN4S. The summed E-state index contributed by atoms with van der Waals surface area (Å²) in [7, 11) is 0. The third-order valence-corrected chi connectivity index (χ3v) is 5.50. The zero-order chi connectivity index (χ0) is 20.1. The number of halogens is 1. The number of thioether (sulfide) groups is 1. The number of benzene rings is 3. The monoisotopic (exact) mass is 400 g/mol. The highest BCUT2D eigenvalue weighted by molar-refractivity contribution is 7.98. The lowest BCUT2D eigenvalue weighted by Crippen LogP contribution is -2.05. The van der Waals surface area contributed by atoms with Crippen molar-refractivity contribution in [3.8, 4) is 17.5 Å². The standard InChI is InChI=1S/C23H17FN4S/c24-21-9-5-4-8-20(21)22-26-27-23(28(22)15-18-6-2-1-3-7-18)29-16-19-12-10-17(14-25)11-13-19/h1-13H,15-16H2. The molecule has 142 valence electrons. The molecule has 4 rings (SSSR count). The minimum atomic E-state index is -0.321. The van der Waals surface area contributed by atoms with Gasteiger partial charge in [-0.2, -0.15) is 5.26 Å². The van der Waals surface area contributed by atoms with Crippen molar-refractivity contribution in [1.82, 2.24) is 14.8 Å². The Kier molecular flexibility index (Phi) is 5.68. The van der Waals surface area contributed by atoms with E-state index in [4.69, 9.17) is 5.26 Å². The molecule has 4 aromatic rings. The summed E-state index contributed by atoms with van der Waals surface area (Å²) < 4.78 is 16.4. The number of hydrogen-bond donors (Lipinski definition) is 0. The molecule has 0 saturated heterocycles. The van der Waals surface area contributed by atoms with E-state index in [0.29, 0.717) is 29.2 Å². The summed E-state index contributed by atoms with van der Waals surface area (Å²) in [6.07, 6.45) is 0. The first-order valence-corrected chi connectivity index (χ1v) is 10.1. The van der Waals surface area contributed by atoms with Gasteiger partial charge in [0, 0.05) is 5.75 Å². The molecule has 0 fully saturated rings. The minimum absolute atomic E-state index is 0.321. The molecule has 0 atom stereocenters. The average Bonchev–Trinajstić information content (AvgIpc) is 3.16. The Labute approximate surface area is 172 Å². The summed E-state index contributed by atoms with van der Waals surface area (Å²) >= 11 is 1.54. The van der Waals surface area contributed by atoms with E-state index in [1.165, 1.54) is 17.8 Å². The first kappa shape index (κ1) is 18.9. The van der Waals surface area contributed by atoms with Crippen molar-refractivity contribution < 1.29 is 4.39 Å². The molecule has 0 aliphatic rings. The average molecular weight is 400 g/mol. The van der Waals surface area contributed by atoms with Crippen LogP contribution in [0.2, 0.25) is 0 Å². The van der Waals surface area contributed by atoms with E-state index < -0.39 is 0 Å². The van der Waals surface area contributed by atoms with E-state index in [9.17, 15) is 4.39 Å². The molecular weight excluding hydrogens is 383 g/mol. The highest BCUT2D eigenvalue weighted by Crippen LogP contribution is 2.28. The second-order valence-electron chi connectivity index (χ2n) is 6.46. The third kappa shape index (κ3) is 4.36. The van der Waals surface area contributed by atoms with Crippen LogP contribution in [0.3, 0.4) is 0 Å². The molecule has 6 heteroatoms. The predicted molar refractivity (Wildman–Crippen MR) is 112 cm³/mol. The van der Waals surface area contributed by atoms with Crippen molar-refractivity contribution >= 4 is 11.8 Å². The van der Waals surface area contributed by atoms with Gasteiger partial charge in [0.2, 0.25) is 0 Å². The van der Waals surface area contributed by atoms with Crippen LogP contribution in [-0.2, 0) is 12.3 Å². The fourth-order valence-corrected chi connectivity index (χ4v) is 3.86. The number of hydrogen-bond acceptors (Lipinski definition) is 4. The molecule has 0 saturated carbocycles. The van der Waals surface area contributed by atoms with Crippen LogP contribution in [-0.4, -0.2) is 14.8 Å². The van der Waals surface area contributed by atoms with Gasteiger partial charge in [0.15, 0.2) is 11.0 Å². The molecule has 0 aliphatic heterocycles. The highest BCUT2D eigenvalue weighted by Gasteiger charge is 2.17. The predicted octanol–water partition coefficient (Wildman–Crippen LogP) is 5.30. The zero-order valence-corrected chi connectivity index (χ0v) is 16.3. The van der Waals surface area contributed by atoms with Crippen molar-refractivity contribution in [2.24, 2.45) is 0 Å². The van der Waals surface area contributed by atoms with Crippen LogP contribution < -0.4 is 0 Å². The van der Waals surface area contributed by atoms with Gasteiger partial charge in [-0.25, -0.2) is 4.39 Å². The van der Waals surface area contributed by atoms with Crippen LogP contribution in [0.5, 0.6) is 0 Å². The van der Waals surface area contributed by atoms with E-state index in [2.05, 4.69) is 16.3 Å². The summed E-state index contributed by atoms with van der Waals surface area (Å²) in [5, 5.41) is 18.3. The Hall–Kier alpha value is -3.43. The van der Waals surface area contributed by atoms with Gasteiger partial charge >= 0.3 is 0 Å². The van der Waals surface area contributed by atoms with Gasteiger partial charge in [0.1, 0.15) is 5.82 Å². The molecule has 29 heavy (non-hydrogen) atoms. The van der Waals surface area contributed by atoms with E-state index in [1.54, 1.807) is 30.3 Å². The van der Waals surface area contributed by atoms with Gasteiger partial charge < -0.3 is 0 Å². The summed E-state index contributed by atoms with van der Waals surface area (Å²) in [4.78, 5) is 0. The highest BCUT2D eigenvalue weighted by atomic mass is 32.2. The van der Waals surface area contributed by atoms with Crippen molar-refractivity contribution in [3.63, 3.8) is 0 Å². The van der Waals surface area contributed by atoms with E-state index in [-0.39, 0.29) is 5.82 Å². The Morgan fingerprint density at radius 2 is 1.59 bits per heavy atom. The summed E-state index contributed by atoms with van der Waals surface area (Å²) in [5.41, 5.74) is 3.23. The van der Waals surface area contributed by atoms with Gasteiger partial charge in [-0.3, -0.25) is 4.57 Å². The van der Waals surface area contributed by atoms with Crippen molar-refractivity contribution in [2.75, 3.05) is 0 Å².